The average Bonchev–Trinajstić information content (AvgIpc) is 2.39. The molecule has 0 aromatic heterocycles. The summed E-state index contributed by atoms with van der Waals surface area (Å²) >= 11 is 0. The van der Waals surface area contributed by atoms with Crippen LogP contribution >= 0.6 is 0 Å². The van der Waals surface area contributed by atoms with Gasteiger partial charge in [0.1, 0.15) is 0 Å². The van der Waals surface area contributed by atoms with Crippen molar-refractivity contribution in [1.82, 2.24) is 5.32 Å². The molecule has 92 valence electrons. The molecule has 1 heterocycles. The summed E-state index contributed by atoms with van der Waals surface area (Å²) in [5.41, 5.74) is 2.43. The van der Waals surface area contributed by atoms with Gasteiger partial charge in [-0.1, -0.05) is 36.4 Å². The van der Waals surface area contributed by atoms with E-state index in [1.54, 1.807) is 0 Å². The zero-order valence-electron chi connectivity index (χ0n) is 10.3. The molecule has 0 aliphatic carbocycles. The van der Waals surface area contributed by atoms with E-state index in [-0.39, 0.29) is 12.1 Å². The lowest BCUT2D eigenvalue weighted by atomic mass is 9.94. The van der Waals surface area contributed by atoms with Crippen LogP contribution in [0, 0.1) is 6.92 Å². The SMILES string of the molecule is Cc1ccc([C@H]2CCOC(=O)N2)c2ccccc12. The normalized spacial score (nSPS) is 19.4. The summed E-state index contributed by atoms with van der Waals surface area (Å²) in [5.74, 6) is 0. The van der Waals surface area contributed by atoms with Crippen molar-refractivity contribution < 1.29 is 9.53 Å². The highest BCUT2D eigenvalue weighted by molar-refractivity contribution is 5.89. The van der Waals surface area contributed by atoms with Gasteiger partial charge in [0.05, 0.1) is 12.6 Å². The fourth-order valence-corrected chi connectivity index (χ4v) is 2.54. The van der Waals surface area contributed by atoms with Gasteiger partial charge in [-0.2, -0.15) is 0 Å². The summed E-state index contributed by atoms with van der Waals surface area (Å²) < 4.78 is 4.92. The Morgan fingerprint density at radius 3 is 2.72 bits per heavy atom. The summed E-state index contributed by atoms with van der Waals surface area (Å²) in [6.45, 7) is 2.59. The minimum Gasteiger partial charge on any atom is -0.449 e. The number of alkyl carbamates (subject to hydrolysis) is 1. The molecule has 1 aliphatic rings. The van der Waals surface area contributed by atoms with Crippen LogP contribution in [0.1, 0.15) is 23.6 Å². The molecule has 0 bridgehead atoms. The third-order valence-corrected chi connectivity index (χ3v) is 3.48. The molecule has 0 radical (unpaired) electrons. The average molecular weight is 241 g/mol. The molecule has 18 heavy (non-hydrogen) atoms. The molecular formula is C15H15NO2. The van der Waals surface area contributed by atoms with Gasteiger partial charge in [0.15, 0.2) is 0 Å². The largest absolute Gasteiger partial charge is 0.449 e. The van der Waals surface area contributed by atoms with Crippen molar-refractivity contribution in [3.8, 4) is 0 Å². The highest BCUT2D eigenvalue weighted by atomic mass is 16.5. The molecule has 1 amide bonds. The fraction of sp³-hybridized carbons (Fsp3) is 0.267. The summed E-state index contributed by atoms with van der Waals surface area (Å²) in [5, 5.41) is 5.34. The number of cyclic esters (lactones) is 1. The van der Waals surface area contributed by atoms with Gasteiger partial charge >= 0.3 is 6.09 Å². The maximum absolute atomic E-state index is 11.3. The lowest BCUT2D eigenvalue weighted by molar-refractivity contribution is 0.116. The lowest BCUT2D eigenvalue weighted by Gasteiger charge is -2.25. The molecule has 0 saturated carbocycles. The number of nitrogens with one attached hydrogen (secondary N) is 1. The van der Waals surface area contributed by atoms with Gasteiger partial charge in [-0.25, -0.2) is 4.79 Å². The smallest absolute Gasteiger partial charge is 0.407 e. The Balaban J connectivity index is 2.11. The highest BCUT2D eigenvalue weighted by Crippen LogP contribution is 2.29. The van der Waals surface area contributed by atoms with Gasteiger partial charge < -0.3 is 10.1 Å². The van der Waals surface area contributed by atoms with Crippen LogP contribution in [0.3, 0.4) is 0 Å². The summed E-state index contributed by atoms with van der Waals surface area (Å²) in [6.07, 6.45) is 0.495. The number of carbonyl (C=O) groups excluding carboxylic acids is 1. The Morgan fingerprint density at radius 1 is 1.17 bits per heavy atom. The van der Waals surface area contributed by atoms with Crippen molar-refractivity contribution in [2.24, 2.45) is 0 Å². The first-order chi connectivity index (χ1) is 8.75. The predicted molar refractivity (Wildman–Crippen MR) is 70.5 cm³/mol. The molecule has 3 heteroatoms. The van der Waals surface area contributed by atoms with Gasteiger partial charge in [-0.3, -0.25) is 0 Å². The number of fused-ring (bicyclic) bond motifs is 1. The van der Waals surface area contributed by atoms with Crippen LogP contribution in [0.15, 0.2) is 36.4 Å². The maximum atomic E-state index is 11.3. The van der Waals surface area contributed by atoms with Crippen molar-refractivity contribution in [1.29, 1.82) is 0 Å². The predicted octanol–water partition coefficient (Wildman–Crippen LogP) is 3.32. The molecule has 0 unspecified atom stereocenters. The Hall–Kier alpha value is -2.03. The highest BCUT2D eigenvalue weighted by Gasteiger charge is 2.22. The van der Waals surface area contributed by atoms with Crippen LogP contribution in [-0.2, 0) is 4.74 Å². The first-order valence-electron chi connectivity index (χ1n) is 6.17. The van der Waals surface area contributed by atoms with Crippen molar-refractivity contribution in [2.45, 2.75) is 19.4 Å². The topological polar surface area (TPSA) is 38.3 Å². The third-order valence-electron chi connectivity index (χ3n) is 3.48. The van der Waals surface area contributed by atoms with Crippen LogP contribution in [0.5, 0.6) is 0 Å². The van der Waals surface area contributed by atoms with Crippen molar-refractivity contribution in [3.05, 3.63) is 47.5 Å². The molecule has 3 rings (SSSR count). The number of amides is 1. The molecule has 1 fully saturated rings. The Morgan fingerprint density at radius 2 is 1.94 bits per heavy atom. The van der Waals surface area contributed by atoms with E-state index in [4.69, 9.17) is 4.74 Å². The number of rotatable bonds is 1. The molecule has 1 atom stereocenters. The monoisotopic (exact) mass is 241 g/mol. The zero-order chi connectivity index (χ0) is 12.5. The lowest BCUT2D eigenvalue weighted by Crippen LogP contribution is -2.35. The minimum atomic E-state index is -0.323. The number of benzene rings is 2. The first kappa shape index (κ1) is 11.1. The number of carbonyl (C=O) groups is 1. The van der Waals surface area contributed by atoms with E-state index in [0.29, 0.717) is 6.61 Å². The second kappa shape index (κ2) is 4.33. The number of hydrogen-bond acceptors (Lipinski definition) is 2. The second-order valence-corrected chi connectivity index (χ2v) is 4.64. The molecule has 3 nitrogen and oxygen atoms in total. The van der Waals surface area contributed by atoms with E-state index < -0.39 is 0 Å². The summed E-state index contributed by atoms with van der Waals surface area (Å²) in [4.78, 5) is 11.3. The third kappa shape index (κ3) is 1.82. The van der Waals surface area contributed by atoms with E-state index in [1.165, 1.54) is 21.9 Å². The van der Waals surface area contributed by atoms with Gasteiger partial charge in [-0.15, -0.1) is 0 Å². The molecule has 2 aromatic carbocycles. The Bertz CT molecular complexity index is 606. The fourth-order valence-electron chi connectivity index (χ4n) is 2.54. The van der Waals surface area contributed by atoms with Crippen molar-refractivity contribution in [3.63, 3.8) is 0 Å². The molecule has 0 spiro atoms. The molecular weight excluding hydrogens is 226 g/mol. The van der Waals surface area contributed by atoms with Gasteiger partial charge in [-0.05, 0) is 28.8 Å². The van der Waals surface area contributed by atoms with E-state index in [0.717, 1.165) is 6.42 Å². The van der Waals surface area contributed by atoms with Gasteiger partial charge in [0.25, 0.3) is 0 Å². The van der Waals surface area contributed by atoms with Crippen LogP contribution in [0.2, 0.25) is 0 Å². The molecule has 1 saturated heterocycles. The first-order valence-corrected chi connectivity index (χ1v) is 6.17. The van der Waals surface area contributed by atoms with Crippen LogP contribution in [0.25, 0.3) is 10.8 Å². The number of aryl methyl sites for hydroxylation is 1. The van der Waals surface area contributed by atoms with Crippen LogP contribution in [-0.4, -0.2) is 12.7 Å². The van der Waals surface area contributed by atoms with E-state index in [9.17, 15) is 4.79 Å². The van der Waals surface area contributed by atoms with Crippen LogP contribution < -0.4 is 5.32 Å². The van der Waals surface area contributed by atoms with E-state index >= 15 is 0 Å². The summed E-state index contributed by atoms with van der Waals surface area (Å²) in [7, 11) is 0. The van der Waals surface area contributed by atoms with Gasteiger partial charge in [0, 0.05) is 6.42 Å². The van der Waals surface area contributed by atoms with Crippen molar-refractivity contribution >= 4 is 16.9 Å². The molecule has 1 aliphatic heterocycles. The maximum Gasteiger partial charge on any atom is 0.407 e. The summed E-state index contributed by atoms with van der Waals surface area (Å²) in [6, 6.07) is 12.6. The zero-order valence-corrected chi connectivity index (χ0v) is 10.3. The second-order valence-electron chi connectivity index (χ2n) is 4.64. The Kier molecular flexibility index (Phi) is 2.67. The van der Waals surface area contributed by atoms with E-state index in [1.807, 2.05) is 12.1 Å². The number of ether oxygens (including phenoxy) is 1. The molecule has 2 aromatic rings. The Labute approximate surface area is 106 Å². The van der Waals surface area contributed by atoms with Crippen molar-refractivity contribution in [2.75, 3.05) is 6.61 Å². The van der Waals surface area contributed by atoms with E-state index in [2.05, 4.69) is 36.5 Å². The quantitative estimate of drug-likeness (QED) is 0.831. The van der Waals surface area contributed by atoms with Gasteiger partial charge in [0.2, 0.25) is 0 Å². The van der Waals surface area contributed by atoms with Crippen LogP contribution in [0.4, 0.5) is 4.79 Å². The minimum absolute atomic E-state index is 0.0525. The standard InChI is InChI=1S/C15H15NO2/c1-10-6-7-13(12-5-3-2-4-11(10)12)14-8-9-18-15(17)16-14/h2-7,14H,8-9H2,1H3,(H,16,17)/t14-/m1/s1. The number of hydrogen-bond donors (Lipinski definition) is 1. The molecule has 1 N–H and O–H groups in total.